The van der Waals surface area contributed by atoms with Crippen LogP contribution in [0.5, 0.6) is 5.75 Å². The maximum atomic E-state index is 6.31. The summed E-state index contributed by atoms with van der Waals surface area (Å²) in [6.07, 6.45) is 2.00. The van der Waals surface area contributed by atoms with Gasteiger partial charge in [-0.25, -0.2) is 0 Å². The molecule has 0 aromatic heterocycles. The second-order valence-electron chi connectivity index (χ2n) is 5.23. The monoisotopic (exact) mass is 253 g/mol. The van der Waals surface area contributed by atoms with Crippen molar-refractivity contribution in [2.45, 2.75) is 24.8 Å². The van der Waals surface area contributed by atoms with Gasteiger partial charge in [-0.1, -0.05) is 36.4 Å². The molecule has 2 heteroatoms. The van der Waals surface area contributed by atoms with E-state index < -0.39 is 0 Å². The van der Waals surface area contributed by atoms with E-state index in [2.05, 4.69) is 36.4 Å². The number of hydrogen-bond acceptors (Lipinski definition) is 2. The second kappa shape index (κ2) is 5.06. The van der Waals surface area contributed by atoms with Crippen LogP contribution < -0.4 is 10.5 Å². The first-order valence-corrected chi connectivity index (χ1v) is 6.74. The van der Waals surface area contributed by atoms with Gasteiger partial charge in [-0.2, -0.15) is 0 Å². The molecule has 2 N–H and O–H groups in total. The number of rotatable bonds is 3. The molecule has 0 aliphatic heterocycles. The van der Waals surface area contributed by atoms with Gasteiger partial charge in [-0.3, -0.25) is 0 Å². The number of hydrogen-bond donors (Lipinski definition) is 1. The molecular formula is C17H19NO. The van der Waals surface area contributed by atoms with Crippen molar-refractivity contribution < 1.29 is 4.74 Å². The van der Waals surface area contributed by atoms with E-state index in [9.17, 15) is 0 Å². The highest BCUT2D eigenvalue weighted by atomic mass is 16.5. The smallest absolute Gasteiger partial charge is 0.118 e. The molecule has 0 amide bonds. The average Bonchev–Trinajstić information content (AvgIpc) is 2.76. The highest BCUT2D eigenvalue weighted by Crippen LogP contribution is 2.34. The Morgan fingerprint density at radius 1 is 1.11 bits per heavy atom. The van der Waals surface area contributed by atoms with Gasteiger partial charge in [-0.15, -0.1) is 0 Å². The lowest BCUT2D eigenvalue weighted by atomic mass is 9.91. The van der Waals surface area contributed by atoms with Crippen LogP contribution in [0.4, 0.5) is 0 Å². The molecule has 0 spiro atoms. The third-order valence-corrected chi connectivity index (χ3v) is 4.04. The normalized spacial score (nSPS) is 21.2. The van der Waals surface area contributed by atoms with Gasteiger partial charge in [0.1, 0.15) is 5.75 Å². The van der Waals surface area contributed by atoms with E-state index in [-0.39, 0.29) is 6.04 Å². The summed E-state index contributed by atoms with van der Waals surface area (Å²) >= 11 is 0. The largest absolute Gasteiger partial charge is 0.497 e. The van der Waals surface area contributed by atoms with Gasteiger partial charge < -0.3 is 10.5 Å². The molecule has 1 aliphatic carbocycles. The predicted octanol–water partition coefficient (Wildman–Crippen LogP) is 2.90. The minimum absolute atomic E-state index is 0.236. The van der Waals surface area contributed by atoms with Gasteiger partial charge in [0.05, 0.1) is 7.11 Å². The predicted molar refractivity (Wildman–Crippen MR) is 77.6 cm³/mol. The number of benzene rings is 2. The molecule has 0 saturated heterocycles. The fourth-order valence-corrected chi connectivity index (χ4v) is 2.99. The van der Waals surface area contributed by atoms with Crippen LogP contribution in [-0.2, 0) is 12.8 Å². The molecule has 0 bridgehead atoms. The zero-order chi connectivity index (χ0) is 13.2. The summed E-state index contributed by atoms with van der Waals surface area (Å²) in [5.74, 6) is 1.34. The van der Waals surface area contributed by atoms with E-state index in [0.717, 1.165) is 18.6 Å². The first kappa shape index (κ1) is 12.2. The van der Waals surface area contributed by atoms with Crippen molar-refractivity contribution in [2.75, 3.05) is 7.11 Å². The van der Waals surface area contributed by atoms with Crippen molar-refractivity contribution in [2.24, 2.45) is 5.73 Å². The van der Waals surface area contributed by atoms with Crippen LogP contribution in [0.15, 0.2) is 48.5 Å². The van der Waals surface area contributed by atoms with Gasteiger partial charge in [0.25, 0.3) is 0 Å². The molecule has 2 atom stereocenters. The Bertz CT molecular complexity index is 562. The quantitative estimate of drug-likeness (QED) is 0.913. The third kappa shape index (κ3) is 2.36. The minimum atomic E-state index is 0.236. The minimum Gasteiger partial charge on any atom is -0.497 e. The van der Waals surface area contributed by atoms with Crippen molar-refractivity contribution in [3.05, 3.63) is 65.2 Å². The van der Waals surface area contributed by atoms with Crippen LogP contribution in [0.3, 0.4) is 0 Å². The molecule has 1 aliphatic rings. The molecule has 2 aromatic rings. The standard InChI is InChI=1S/C17H19NO/c1-19-14-8-6-12(7-9-14)10-16-15-5-3-2-4-13(15)11-17(16)18/h2-9,16-17H,10-11,18H2,1H3. The summed E-state index contributed by atoms with van der Waals surface area (Å²) in [4.78, 5) is 0. The number of nitrogens with two attached hydrogens (primary N) is 1. The lowest BCUT2D eigenvalue weighted by Gasteiger charge is -2.17. The summed E-state index contributed by atoms with van der Waals surface area (Å²) in [5, 5.41) is 0. The number of ether oxygens (including phenoxy) is 1. The Morgan fingerprint density at radius 2 is 1.84 bits per heavy atom. The van der Waals surface area contributed by atoms with Crippen LogP contribution in [0.2, 0.25) is 0 Å². The SMILES string of the molecule is COc1ccc(CC2c3ccccc3CC2N)cc1. The average molecular weight is 253 g/mol. The molecule has 98 valence electrons. The number of methoxy groups -OCH3 is 1. The lowest BCUT2D eigenvalue weighted by Crippen LogP contribution is -2.26. The van der Waals surface area contributed by atoms with Crippen LogP contribution in [0, 0.1) is 0 Å². The Labute approximate surface area is 114 Å². The Morgan fingerprint density at radius 3 is 2.58 bits per heavy atom. The summed E-state index contributed by atoms with van der Waals surface area (Å²) in [6.45, 7) is 0. The van der Waals surface area contributed by atoms with E-state index >= 15 is 0 Å². The molecule has 2 unspecified atom stereocenters. The van der Waals surface area contributed by atoms with E-state index in [1.165, 1.54) is 16.7 Å². The molecule has 0 saturated carbocycles. The van der Waals surface area contributed by atoms with E-state index in [1.54, 1.807) is 7.11 Å². The van der Waals surface area contributed by atoms with E-state index in [4.69, 9.17) is 10.5 Å². The Balaban J connectivity index is 1.82. The van der Waals surface area contributed by atoms with Gasteiger partial charge >= 0.3 is 0 Å². The molecule has 2 nitrogen and oxygen atoms in total. The summed E-state index contributed by atoms with van der Waals surface area (Å²) in [5.41, 5.74) is 10.5. The van der Waals surface area contributed by atoms with Gasteiger partial charge in [0.2, 0.25) is 0 Å². The van der Waals surface area contributed by atoms with Gasteiger partial charge in [0, 0.05) is 12.0 Å². The molecule has 3 rings (SSSR count). The molecule has 0 fully saturated rings. The zero-order valence-corrected chi connectivity index (χ0v) is 11.2. The molecule has 0 radical (unpaired) electrons. The highest BCUT2D eigenvalue weighted by Gasteiger charge is 2.29. The maximum absolute atomic E-state index is 6.31. The van der Waals surface area contributed by atoms with Crippen LogP contribution in [0.1, 0.15) is 22.6 Å². The second-order valence-corrected chi connectivity index (χ2v) is 5.23. The third-order valence-electron chi connectivity index (χ3n) is 4.04. The lowest BCUT2D eigenvalue weighted by molar-refractivity contribution is 0.414. The summed E-state index contributed by atoms with van der Waals surface area (Å²) in [7, 11) is 1.69. The van der Waals surface area contributed by atoms with Gasteiger partial charge in [-0.05, 0) is 41.7 Å². The van der Waals surface area contributed by atoms with Crippen molar-refractivity contribution in [3.63, 3.8) is 0 Å². The topological polar surface area (TPSA) is 35.2 Å². The fraction of sp³-hybridized carbons (Fsp3) is 0.294. The molecular weight excluding hydrogens is 234 g/mol. The first-order valence-electron chi connectivity index (χ1n) is 6.74. The maximum Gasteiger partial charge on any atom is 0.118 e. The fourth-order valence-electron chi connectivity index (χ4n) is 2.99. The van der Waals surface area contributed by atoms with Crippen LogP contribution in [-0.4, -0.2) is 13.2 Å². The van der Waals surface area contributed by atoms with Crippen molar-refractivity contribution >= 4 is 0 Å². The Hall–Kier alpha value is -1.80. The van der Waals surface area contributed by atoms with Crippen molar-refractivity contribution in [3.8, 4) is 5.75 Å². The summed E-state index contributed by atoms with van der Waals surface area (Å²) in [6, 6.07) is 17.2. The van der Waals surface area contributed by atoms with E-state index in [0.29, 0.717) is 5.92 Å². The van der Waals surface area contributed by atoms with E-state index in [1.807, 2.05) is 12.1 Å². The van der Waals surface area contributed by atoms with Crippen LogP contribution in [0.25, 0.3) is 0 Å². The molecule has 0 heterocycles. The summed E-state index contributed by atoms with van der Waals surface area (Å²) < 4.78 is 5.19. The Kier molecular flexibility index (Phi) is 3.26. The van der Waals surface area contributed by atoms with Crippen LogP contribution >= 0.6 is 0 Å². The van der Waals surface area contributed by atoms with Crippen molar-refractivity contribution in [1.82, 2.24) is 0 Å². The first-order chi connectivity index (χ1) is 9.28. The van der Waals surface area contributed by atoms with Gasteiger partial charge in [0.15, 0.2) is 0 Å². The highest BCUT2D eigenvalue weighted by molar-refractivity contribution is 5.39. The zero-order valence-electron chi connectivity index (χ0n) is 11.2. The molecule has 19 heavy (non-hydrogen) atoms. The van der Waals surface area contributed by atoms with Crippen molar-refractivity contribution in [1.29, 1.82) is 0 Å². The number of fused-ring (bicyclic) bond motifs is 1. The molecule has 2 aromatic carbocycles.